The number of nitrogens with zero attached hydrogens (tertiary/aromatic N) is 3. The second-order valence-corrected chi connectivity index (χ2v) is 5.11. The molecule has 3 nitrogen and oxygen atoms in total. The van der Waals surface area contributed by atoms with E-state index in [9.17, 15) is 4.39 Å². The van der Waals surface area contributed by atoms with Crippen molar-refractivity contribution in [2.24, 2.45) is 0 Å². The molecule has 0 spiro atoms. The highest BCUT2D eigenvalue weighted by atomic mass is 79.9. The number of alkyl halides is 1. The van der Waals surface area contributed by atoms with Crippen LogP contribution < -0.4 is 0 Å². The normalized spacial score (nSPS) is 12.8. The number of hydrogen-bond acceptors (Lipinski definition) is 2. The van der Waals surface area contributed by atoms with Crippen LogP contribution in [0.2, 0.25) is 5.02 Å². The maximum atomic E-state index is 13.5. The minimum atomic E-state index is -0.386. The van der Waals surface area contributed by atoms with Crippen molar-refractivity contribution in [3.05, 3.63) is 40.9 Å². The van der Waals surface area contributed by atoms with E-state index in [0.717, 1.165) is 5.69 Å². The van der Waals surface area contributed by atoms with Crippen molar-refractivity contribution < 1.29 is 4.39 Å². The Morgan fingerprint density at radius 3 is 2.88 bits per heavy atom. The fourth-order valence-corrected chi connectivity index (χ4v) is 1.61. The van der Waals surface area contributed by atoms with E-state index in [-0.39, 0.29) is 10.6 Å². The summed E-state index contributed by atoms with van der Waals surface area (Å²) in [5.74, 6) is -0.386. The van der Waals surface area contributed by atoms with Crippen LogP contribution >= 0.6 is 27.5 Å². The molecule has 0 N–H and O–H groups in total. The lowest BCUT2D eigenvalue weighted by Gasteiger charge is -2.02. The van der Waals surface area contributed by atoms with Gasteiger partial charge in [-0.15, -0.1) is 5.10 Å². The minimum absolute atomic E-state index is 0.0727. The lowest BCUT2D eigenvalue weighted by atomic mass is 10.3. The van der Waals surface area contributed by atoms with Crippen LogP contribution in [-0.4, -0.2) is 15.0 Å². The molecule has 0 fully saturated rings. The van der Waals surface area contributed by atoms with Gasteiger partial charge in [0.2, 0.25) is 0 Å². The van der Waals surface area contributed by atoms with Crippen LogP contribution in [0.4, 0.5) is 4.39 Å². The fraction of sp³-hybridized carbons (Fsp3) is 0.200. The largest absolute Gasteiger partial charge is 0.217 e. The molecule has 0 saturated heterocycles. The van der Waals surface area contributed by atoms with Crippen molar-refractivity contribution in [2.45, 2.75) is 11.8 Å². The summed E-state index contributed by atoms with van der Waals surface area (Å²) in [6.45, 7) is 1.92. The van der Waals surface area contributed by atoms with E-state index in [1.807, 2.05) is 6.92 Å². The quantitative estimate of drug-likeness (QED) is 0.795. The van der Waals surface area contributed by atoms with Crippen LogP contribution in [0.5, 0.6) is 0 Å². The van der Waals surface area contributed by atoms with E-state index < -0.39 is 0 Å². The molecule has 6 heteroatoms. The molecule has 1 aromatic heterocycles. The van der Waals surface area contributed by atoms with E-state index in [2.05, 4.69) is 26.2 Å². The number of hydrogen-bond donors (Lipinski definition) is 0. The molecule has 0 bridgehead atoms. The van der Waals surface area contributed by atoms with Gasteiger partial charge < -0.3 is 0 Å². The first-order valence-corrected chi connectivity index (χ1v) is 5.89. The molecule has 0 radical (unpaired) electrons. The van der Waals surface area contributed by atoms with Gasteiger partial charge in [-0.25, -0.2) is 9.07 Å². The third-order valence-corrected chi connectivity index (χ3v) is 2.78. The molecule has 1 unspecified atom stereocenters. The van der Waals surface area contributed by atoms with Crippen molar-refractivity contribution in [1.82, 2.24) is 15.0 Å². The molecule has 0 aliphatic rings. The number of halogens is 3. The Bertz CT molecular complexity index is 513. The highest BCUT2D eigenvalue weighted by Gasteiger charge is 2.10. The number of aromatic nitrogens is 3. The van der Waals surface area contributed by atoms with Gasteiger partial charge in [0, 0.05) is 5.02 Å². The van der Waals surface area contributed by atoms with Crippen LogP contribution in [0.1, 0.15) is 17.4 Å². The Morgan fingerprint density at radius 1 is 1.50 bits per heavy atom. The Balaban J connectivity index is 2.46. The zero-order chi connectivity index (χ0) is 11.7. The SMILES string of the molecule is CC(Br)c1cn(-c2cc(Cl)ccc2F)nn1. The van der Waals surface area contributed by atoms with Gasteiger partial charge in [-0.2, -0.15) is 0 Å². The molecule has 84 valence electrons. The smallest absolute Gasteiger partial charge is 0.149 e. The van der Waals surface area contributed by atoms with Crippen molar-refractivity contribution in [2.75, 3.05) is 0 Å². The zero-order valence-corrected chi connectivity index (χ0v) is 10.7. The molecule has 2 aromatic rings. The second-order valence-electron chi connectivity index (χ2n) is 3.30. The van der Waals surface area contributed by atoms with Gasteiger partial charge in [0.15, 0.2) is 0 Å². The maximum Gasteiger partial charge on any atom is 0.149 e. The van der Waals surface area contributed by atoms with Gasteiger partial charge in [0.25, 0.3) is 0 Å². The van der Waals surface area contributed by atoms with Gasteiger partial charge in [0.05, 0.1) is 16.7 Å². The highest BCUT2D eigenvalue weighted by molar-refractivity contribution is 9.09. The minimum Gasteiger partial charge on any atom is -0.217 e. The molecule has 1 aromatic carbocycles. The van der Waals surface area contributed by atoms with Gasteiger partial charge in [-0.3, -0.25) is 0 Å². The molecule has 0 aliphatic heterocycles. The van der Waals surface area contributed by atoms with Crippen LogP contribution in [0, 0.1) is 5.82 Å². The molecule has 0 saturated carbocycles. The van der Waals surface area contributed by atoms with Crippen molar-refractivity contribution in [3.63, 3.8) is 0 Å². The summed E-state index contributed by atoms with van der Waals surface area (Å²) < 4.78 is 14.9. The lowest BCUT2D eigenvalue weighted by Crippen LogP contribution is -1.98. The molecule has 0 amide bonds. The van der Waals surface area contributed by atoms with Gasteiger partial charge in [-0.1, -0.05) is 32.7 Å². The zero-order valence-electron chi connectivity index (χ0n) is 8.36. The summed E-state index contributed by atoms with van der Waals surface area (Å²) in [5, 5.41) is 8.23. The van der Waals surface area contributed by atoms with E-state index in [1.165, 1.54) is 22.9 Å². The van der Waals surface area contributed by atoms with Gasteiger partial charge >= 0.3 is 0 Å². The first kappa shape index (κ1) is 11.5. The molecule has 1 atom stereocenters. The van der Waals surface area contributed by atoms with Crippen LogP contribution in [0.15, 0.2) is 24.4 Å². The molecule has 0 aliphatic carbocycles. The summed E-state index contributed by atoms with van der Waals surface area (Å²) in [5.41, 5.74) is 1.03. The predicted molar refractivity (Wildman–Crippen MR) is 63.7 cm³/mol. The standard InChI is InChI=1S/C10H8BrClFN3/c1-6(11)9-5-16(15-14-9)10-4-7(12)2-3-8(10)13/h2-6H,1H3. The van der Waals surface area contributed by atoms with Crippen LogP contribution in [0.25, 0.3) is 5.69 Å². The van der Waals surface area contributed by atoms with Gasteiger partial charge in [-0.05, 0) is 25.1 Å². The number of rotatable bonds is 2. The molecule has 16 heavy (non-hydrogen) atoms. The fourth-order valence-electron chi connectivity index (χ4n) is 1.24. The Morgan fingerprint density at radius 2 is 2.25 bits per heavy atom. The van der Waals surface area contributed by atoms with E-state index >= 15 is 0 Å². The monoisotopic (exact) mass is 303 g/mol. The van der Waals surface area contributed by atoms with E-state index in [4.69, 9.17) is 11.6 Å². The third-order valence-electron chi connectivity index (χ3n) is 2.07. The Kier molecular flexibility index (Phi) is 3.25. The first-order chi connectivity index (χ1) is 7.58. The highest BCUT2D eigenvalue weighted by Crippen LogP contribution is 2.22. The number of benzene rings is 1. The summed E-state index contributed by atoms with van der Waals surface area (Å²) >= 11 is 9.16. The topological polar surface area (TPSA) is 30.7 Å². The van der Waals surface area contributed by atoms with Crippen molar-refractivity contribution in [1.29, 1.82) is 0 Å². The lowest BCUT2D eigenvalue weighted by molar-refractivity contribution is 0.607. The third kappa shape index (κ3) is 2.25. The summed E-state index contributed by atoms with van der Waals surface area (Å²) in [6, 6.07) is 4.30. The maximum absolute atomic E-state index is 13.5. The molecular weight excluding hydrogens is 296 g/mol. The summed E-state index contributed by atoms with van der Waals surface area (Å²) in [7, 11) is 0. The molecular formula is C10H8BrClFN3. The predicted octanol–water partition coefficient (Wildman–Crippen LogP) is 3.52. The molecule has 2 rings (SSSR count). The average molecular weight is 305 g/mol. The first-order valence-electron chi connectivity index (χ1n) is 4.59. The van der Waals surface area contributed by atoms with Gasteiger partial charge in [0.1, 0.15) is 11.5 Å². The Hall–Kier alpha value is -0.940. The van der Waals surface area contributed by atoms with Crippen LogP contribution in [-0.2, 0) is 0 Å². The summed E-state index contributed by atoms with van der Waals surface area (Å²) in [4.78, 5) is 0.0727. The summed E-state index contributed by atoms with van der Waals surface area (Å²) in [6.07, 6.45) is 1.66. The van der Waals surface area contributed by atoms with Crippen LogP contribution in [0.3, 0.4) is 0 Å². The Labute approximate surface area is 105 Å². The van der Waals surface area contributed by atoms with Crippen molar-refractivity contribution in [3.8, 4) is 5.69 Å². The van der Waals surface area contributed by atoms with E-state index in [1.54, 1.807) is 6.20 Å². The van der Waals surface area contributed by atoms with Crippen molar-refractivity contribution >= 4 is 27.5 Å². The molecule has 1 heterocycles. The van der Waals surface area contributed by atoms with E-state index in [0.29, 0.717) is 10.7 Å². The second kappa shape index (κ2) is 4.51. The average Bonchev–Trinajstić information content (AvgIpc) is 2.70.